The van der Waals surface area contributed by atoms with Gasteiger partial charge in [-0.1, -0.05) is 0 Å². The van der Waals surface area contributed by atoms with E-state index >= 15 is 0 Å². The van der Waals surface area contributed by atoms with Crippen LogP contribution in [-0.4, -0.2) is 70.9 Å². The summed E-state index contributed by atoms with van der Waals surface area (Å²) in [4.78, 5) is 31.2. The standard InChI is InChI=1S/C15H23N3O3/c1-10-13(12(3)20)11(2)16-14(10)15(21)18-6-4-17(5-7-18)8-9-19/h16,19H,4-9H2,1-3H3. The number of rotatable bonds is 4. The van der Waals surface area contributed by atoms with Crippen molar-refractivity contribution in [1.29, 1.82) is 0 Å². The van der Waals surface area contributed by atoms with Gasteiger partial charge in [0.1, 0.15) is 5.69 Å². The Bertz CT molecular complexity index is 543. The smallest absolute Gasteiger partial charge is 0.270 e. The number of aromatic nitrogens is 1. The lowest BCUT2D eigenvalue weighted by Gasteiger charge is -2.34. The first kappa shape index (κ1) is 15.7. The minimum Gasteiger partial charge on any atom is -0.395 e. The summed E-state index contributed by atoms with van der Waals surface area (Å²) in [6.45, 7) is 8.77. The Labute approximate surface area is 124 Å². The maximum absolute atomic E-state index is 12.6. The van der Waals surface area contributed by atoms with E-state index in [0.29, 0.717) is 30.9 Å². The summed E-state index contributed by atoms with van der Waals surface area (Å²) in [7, 11) is 0. The highest BCUT2D eigenvalue weighted by molar-refractivity contribution is 6.02. The molecule has 1 amide bonds. The quantitative estimate of drug-likeness (QED) is 0.796. The number of H-pyrrole nitrogens is 1. The van der Waals surface area contributed by atoms with Crippen LogP contribution in [0.1, 0.15) is 39.0 Å². The van der Waals surface area contributed by atoms with Gasteiger partial charge in [-0.05, 0) is 26.3 Å². The van der Waals surface area contributed by atoms with E-state index in [1.54, 1.807) is 4.90 Å². The van der Waals surface area contributed by atoms with E-state index in [2.05, 4.69) is 9.88 Å². The minimum absolute atomic E-state index is 0.0203. The van der Waals surface area contributed by atoms with Crippen LogP contribution in [0.25, 0.3) is 0 Å². The van der Waals surface area contributed by atoms with Crippen molar-refractivity contribution in [2.24, 2.45) is 0 Å². The van der Waals surface area contributed by atoms with E-state index in [-0.39, 0.29) is 18.3 Å². The van der Waals surface area contributed by atoms with Gasteiger partial charge in [0.15, 0.2) is 5.78 Å². The zero-order valence-electron chi connectivity index (χ0n) is 12.9. The van der Waals surface area contributed by atoms with Crippen molar-refractivity contribution in [1.82, 2.24) is 14.8 Å². The molecule has 0 bridgehead atoms. The molecule has 0 aromatic carbocycles. The number of aromatic amines is 1. The van der Waals surface area contributed by atoms with Gasteiger partial charge < -0.3 is 15.0 Å². The highest BCUT2D eigenvalue weighted by Crippen LogP contribution is 2.20. The Hall–Kier alpha value is -1.66. The number of nitrogens with zero attached hydrogens (tertiary/aromatic N) is 2. The molecule has 0 saturated carbocycles. The van der Waals surface area contributed by atoms with Gasteiger partial charge in [0.05, 0.1) is 6.61 Å². The molecular weight excluding hydrogens is 270 g/mol. The van der Waals surface area contributed by atoms with Crippen LogP contribution in [0, 0.1) is 13.8 Å². The number of aryl methyl sites for hydroxylation is 1. The summed E-state index contributed by atoms with van der Waals surface area (Å²) in [5.74, 6) is -0.0696. The minimum atomic E-state index is -0.0493. The van der Waals surface area contributed by atoms with Crippen molar-refractivity contribution < 1.29 is 14.7 Å². The van der Waals surface area contributed by atoms with Crippen LogP contribution in [0.3, 0.4) is 0 Å². The Balaban J connectivity index is 2.11. The summed E-state index contributed by atoms with van der Waals surface area (Å²) in [6.07, 6.45) is 0. The van der Waals surface area contributed by atoms with Crippen LogP contribution < -0.4 is 0 Å². The fraction of sp³-hybridized carbons (Fsp3) is 0.600. The summed E-state index contributed by atoms with van der Waals surface area (Å²) in [5, 5.41) is 8.93. The van der Waals surface area contributed by atoms with Crippen molar-refractivity contribution in [2.75, 3.05) is 39.3 Å². The van der Waals surface area contributed by atoms with Crippen LogP contribution in [0.4, 0.5) is 0 Å². The van der Waals surface area contributed by atoms with E-state index < -0.39 is 0 Å². The average Bonchev–Trinajstić information content (AvgIpc) is 2.74. The Morgan fingerprint density at radius 3 is 2.29 bits per heavy atom. The van der Waals surface area contributed by atoms with Gasteiger partial charge >= 0.3 is 0 Å². The number of Topliss-reactive ketones (excluding diaryl/α,β-unsaturated/α-hetero) is 1. The summed E-state index contributed by atoms with van der Waals surface area (Å²) in [5.41, 5.74) is 2.63. The number of β-amino-alcohol motifs (C(OH)–C–C–N with tert-alkyl or cyclic N) is 1. The average molecular weight is 293 g/mol. The summed E-state index contributed by atoms with van der Waals surface area (Å²) in [6, 6.07) is 0. The number of hydrogen-bond acceptors (Lipinski definition) is 4. The first-order valence-electron chi connectivity index (χ1n) is 7.28. The predicted octanol–water partition coefficient (Wildman–Crippen LogP) is 0.584. The second-order valence-electron chi connectivity index (χ2n) is 5.54. The molecule has 2 heterocycles. The number of carbonyl (C=O) groups excluding carboxylic acids is 2. The van der Waals surface area contributed by atoms with Gasteiger partial charge in [-0.2, -0.15) is 0 Å². The molecule has 6 heteroatoms. The third-order valence-electron chi connectivity index (χ3n) is 4.08. The van der Waals surface area contributed by atoms with Crippen LogP contribution >= 0.6 is 0 Å². The summed E-state index contributed by atoms with van der Waals surface area (Å²) >= 11 is 0. The molecule has 1 aromatic heterocycles. The molecule has 21 heavy (non-hydrogen) atoms. The van der Waals surface area contributed by atoms with E-state index in [9.17, 15) is 9.59 Å². The van der Waals surface area contributed by atoms with Crippen molar-refractivity contribution in [3.05, 3.63) is 22.5 Å². The third-order valence-corrected chi connectivity index (χ3v) is 4.08. The lowest BCUT2D eigenvalue weighted by Crippen LogP contribution is -2.49. The monoisotopic (exact) mass is 293 g/mol. The first-order chi connectivity index (χ1) is 9.95. The van der Waals surface area contributed by atoms with Gasteiger partial charge in [0, 0.05) is 44.0 Å². The normalized spacial score (nSPS) is 16.3. The van der Waals surface area contributed by atoms with Gasteiger partial charge in [0.25, 0.3) is 5.91 Å². The number of hydrogen-bond donors (Lipinski definition) is 2. The second-order valence-corrected chi connectivity index (χ2v) is 5.54. The number of piperazine rings is 1. The van der Waals surface area contributed by atoms with Crippen molar-refractivity contribution in [3.63, 3.8) is 0 Å². The largest absolute Gasteiger partial charge is 0.395 e. The molecule has 2 rings (SSSR count). The molecule has 0 spiro atoms. The highest BCUT2D eigenvalue weighted by Gasteiger charge is 2.26. The van der Waals surface area contributed by atoms with Crippen LogP contribution in [0.5, 0.6) is 0 Å². The zero-order valence-corrected chi connectivity index (χ0v) is 12.9. The SMILES string of the molecule is CC(=O)c1c(C)[nH]c(C(=O)N2CCN(CCO)CC2)c1C. The molecule has 1 aliphatic heterocycles. The number of carbonyl (C=O) groups is 2. The molecule has 0 atom stereocenters. The second kappa shape index (κ2) is 6.41. The molecule has 1 aromatic rings. The van der Waals surface area contributed by atoms with Gasteiger partial charge in [-0.25, -0.2) is 0 Å². The van der Waals surface area contributed by atoms with Crippen LogP contribution in [0.15, 0.2) is 0 Å². The van der Waals surface area contributed by atoms with Gasteiger partial charge in [0.2, 0.25) is 0 Å². The van der Waals surface area contributed by atoms with Gasteiger partial charge in [-0.15, -0.1) is 0 Å². The molecule has 2 N–H and O–H groups in total. The molecule has 0 aliphatic carbocycles. The third kappa shape index (κ3) is 3.16. The maximum Gasteiger partial charge on any atom is 0.270 e. The molecule has 116 valence electrons. The highest BCUT2D eigenvalue weighted by atomic mass is 16.3. The van der Waals surface area contributed by atoms with Crippen LogP contribution in [-0.2, 0) is 0 Å². The van der Waals surface area contributed by atoms with E-state index in [0.717, 1.165) is 24.3 Å². The Kier molecular flexibility index (Phi) is 4.80. The molecular formula is C15H23N3O3. The number of nitrogens with one attached hydrogen (secondary N) is 1. The molecule has 1 saturated heterocycles. The predicted molar refractivity (Wildman–Crippen MR) is 79.7 cm³/mol. The molecule has 1 aliphatic rings. The Morgan fingerprint density at radius 1 is 1.19 bits per heavy atom. The van der Waals surface area contributed by atoms with Crippen molar-refractivity contribution >= 4 is 11.7 Å². The fourth-order valence-corrected chi connectivity index (χ4v) is 2.97. The number of aliphatic hydroxyl groups excluding tert-OH is 1. The van der Waals surface area contributed by atoms with E-state index in [1.165, 1.54) is 6.92 Å². The molecule has 1 fully saturated rings. The maximum atomic E-state index is 12.6. The van der Waals surface area contributed by atoms with Crippen molar-refractivity contribution in [2.45, 2.75) is 20.8 Å². The molecule has 0 unspecified atom stereocenters. The van der Waals surface area contributed by atoms with Crippen LogP contribution in [0.2, 0.25) is 0 Å². The Morgan fingerprint density at radius 2 is 1.81 bits per heavy atom. The summed E-state index contributed by atoms with van der Waals surface area (Å²) < 4.78 is 0. The van der Waals surface area contributed by atoms with E-state index in [4.69, 9.17) is 5.11 Å². The lowest BCUT2D eigenvalue weighted by molar-refractivity contribution is 0.0609. The van der Waals surface area contributed by atoms with Gasteiger partial charge in [-0.3, -0.25) is 14.5 Å². The number of aliphatic hydroxyl groups is 1. The fourth-order valence-electron chi connectivity index (χ4n) is 2.97. The first-order valence-corrected chi connectivity index (χ1v) is 7.28. The zero-order chi connectivity index (χ0) is 15.6. The van der Waals surface area contributed by atoms with E-state index in [1.807, 2.05) is 13.8 Å². The molecule has 0 radical (unpaired) electrons. The van der Waals surface area contributed by atoms with Crippen molar-refractivity contribution in [3.8, 4) is 0 Å². The topological polar surface area (TPSA) is 76.6 Å². The molecule has 6 nitrogen and oxygen atoms in total. The number of ketones is 1. The lowest BCUT2D eigenvalue weighted by atomic mass is 10.1. The number of amides is 1.